The molecule has 30 heavy (non-hydrogen) atoms. The number of likely N-dealkylation sites (N-methyl/N-ethyl adjacent to an activating group) is 2. The monoisotopic (exact) mass is 417 g/mol. The SMILES string of the molecule is COc1cc(C)c(CN(C)C(=O)CN(C)CC(=O)Nc2cccc(F)c2)cc1OC. The van der Waals surface area contributed by atoms with Crippen LogP contribution in [-0.4, -0.2) is 63.0 Å². The smallest absolute Gasteiger partial charge is 0.238 e. The highest BCUT2D eigenvalue weighted by Gasteiger charge is 2.17. The average molecular weight is 417 g/mol. The number of aryl methyl sites for hydroxylation is 1. The zero-order valence-electron chi connectivity index (χ0n) is 18.0. The van der Waals surface area contributed by atoms with Gasteiger partial charge in [0.15, 0.2) is 11.5 Å². The highest BCUT2D eigenvalue weighted by molar-refractivity contribution is 5.92. The Kier molecular flexibility index (Phi) is 8.17. The van der Waals surface area contributed by atoms with Gasteiger partial charge in [-0.2, -0.15) is 0 Å². The van der Waals surface area contributed by atoms with E-state index in [1.54, 1.807) is 44.2 Å². The summed E-state index contributed by atoms with van der Waals surface area (Å²) in [7, 11) is 6.53. The molecule has 2 aromatic rings. The van der Waals surface area contributed by atoms with Crippen molar-refractivity contribution in [3.8, 4) is 11.5 Å². The van der Waals surface area contributed by atoms with Gasteiger partial charge in [-0.15, -0.1) is 0 Å². The summed E-state index contributed by atoms with van der Waals surface area (Å²) in [5.74, 6) is 0.352. The van der Waals surface area contributed by atoms with Gasteiger partial charge in [0.05, 0.1) is 27.3 Å². The molecule has 0 aliphatic rings. The van der Waals surface area contributed by atoms with E-state index in [1.165, 1.54) is 18.2 Å². The predicted molar refractivity (Wildman–Crippen MR) is 113 cm³/mol. The van der Waals surface area contributed by atoms with Gasteiger partial charge in [-0.1, -0.05) is 6.07 Å². The van der Waals surface area contributed by atoms with Gasteiger partial charge in [-0.25, -0.2) is 4.39 Å². The topological polar surface area (TPSA) is 71.1 Å². The molecule has 0 saturated carbocycles. The third kappa shape index (κ3) is 6.45. The Morgan fingerprint density at radius 2 is 1.70 bits per heavy atom. The third-order valence-corrected chi connectivity index (χ3v) is 4.60. The summed E-state index contributed by atoms with van der Waals surface area (Å²) in [6.45, 7) is 2.41. The minimum absolute atomic E-state index is 0.00544. The first-order chi connectivity index (χ1) is 14.2. The second kappa shape index (κ2) is 10.6. The second-order valence-corrected chi connectivity index (χ2v) is 7.11. The lowest BCUT2D eigenvalue weighted by Gasteiger charge is -2.23. The van der Waals surface area contributed by atoms with E-state index >= 15 is 0 Å². The average Bonchev–Trinajstić information content (AvgIpc) is 2.68. The van der Waals surface area contributed by atoms with Crippen LogP contribution >= 0.6 is 0 Å². The second-order valence-electron chi connectivity index (χ2n) is 7.11. The Morgan fingerprint density at radius 3 is 2.33 bits per heavy atom. The number of nitrogens with one attached hydrogen (secondary N) is 1. The van der Waals surface area contributed by atoms with Crippen LogP contribution in [-0.2, 0) is 16.1 Å². The number of benzene rings is 2. The highest BCUT2D eigenvalue weighted by Crippen LogP contribution is 2.30. The van der Waals surface area contributed by atoms with Gasteiger partial charge < -0.3 is 19.7 Å². The summed E-state index contributed by atoms with van der Waals surface area (Å²) < 4.78 is 23.8. The van der Waals surface area contributed by atoms with E-state index in [1.807, 2.05) is 19.1 Å². The highest BCUT2D eigenvalue weighted by atomic mass is 19.1. The van der Waals surface area contributed by atoms with Crippen LogP contribution in [0, 0.1) is 12.7 Å². The maximum Gasteiger partial charge on any atom is 0.238 e. The zero-order chi connectivity index (χ0) is 22.3. The number of carbonyl (C=O) groups excluding carboxylic acids is 2. The van der Waals surface area contributed by atoms with E-state index in [0.29, 0.717) is 23.7 Å². The number of anilines is 1. The van der Waals surface area contributed by atoms with E-state index in [4.69, 9.17) is 9.47 Å². The first kappa shape index (κ1) is 23.2. The first-order valence-electron chi connectivity index (χ1n) is 9.43. The van der Waals surface area contributed by atoms with Gasteiger partial charge in [0, 0.05) is 19.3 Å². The van der Waals surface area contributed by atoms with Gasteiger partial charge in [-0.05, 0) is 55.4 Å². The number of methoxy groups -OCH3 is 2. The zero-order valence-corrected chi connectivity index (χ0v) is 18.0. The Morgan fingerprint density at radius 1 is 1.03 bits per heavy atom. The molecule has 0 saturated heterocycles. The molecule has 0 spiro atoms. The molecule has 0 aliphatic heterocycles. The van der Waals surface area contributed by atoms with Crippen LogP contribution in [0.4, 0.5) is 10.1 Å². The molecule has 2 amide bonds. The van der Waals surface area contributed by atoms with Gasteiger partial charge in [0.25, 0.3) is 0 Å². The molecule has 162 valence electrons. The van der Waals surface area contributed by atoms with E-state index in [2.05, 4.69) is 5.32 Å². The van der Waals surface area contributed by atoms with Gasteiger partial charge >= 0.3 is 0 Å². The molecule has 0 fully saturated rings. The van der Waals surface area contributed by atoms with Crippen LogP contribution in [0.2, 0.25) is 0 Å². The summed E-state index contributed by atoms with van der Waals surface area (Å²) in [5.41, 5.74) is 2.30. The van der Waals surface area contributed by atoms with Crippen LogP contribution in [0.25, 0.3) is 0 Å². The molecule has 1 N–H and O–H groups in total. The lowest BCUT2D eigenvalue weighted by Crippen LogP contribution is -2.39. The van der Waals surface area contributed by atoms with Crippen LogP contribution in [0.15, 0.2) is 36.4 Å². The molecule has 0 aromatic heterocycles. The van der Waals surface area contributed by atoms with Crippen LogP contribution in [0.3, 0.4) is 0 Å². The summed E-state index contributed by atoms with van der Waals surface area (Å²) in [5, 5.41) is 2.62. The van der Waals surface area contributed by atoms with Gasteiger partial charge in [0.2, 0.25) is 11.8 Å². The van der Waals surface area contributed by atoms with Crippen molar-refractivity contribution >= 4 is 17.5 Å². The number of rotatable bonds is 9. The fourth-order valence-electron chi connectivity index (χ4n) is 2.96. The number of nitrogens with zero attached hydrogens (tertiary/aromatic N) is 2. The van der Waals surface area contributed by atoms with E-state index < -0.39 is 5.82 Å². The van der Waals surface area contributed by atoms with E-state index in [9.17, 15) is 14.0 Å². The maximum absolute atomic E-state index is 13.2. The quantitative estimate of drug-likeness (QED) is 0.679. The summed E-state index contributed by atoms with van der Waals surface area (Å²) in [4.78, 5) is 27.9. The number of hydrogen-bond donors (Lipinski definition) is 1. The molecule has 0 radical (unpaired) electrons. The van der Waals surface area contributed by atoms with Crippen LogP contribution in [0.5, 0.6) is 11.5 Å². The number of halogens is 1. The number of hydrogen-bond acceptors (Lipinski definition) is 5. The van der Waals surface area contributed by atoms with Crippen molar-refractivity contribution in [2.45, 2.75) is 13.5 Å². The minimum atomic E-state index is -0.427. The Balaban J connectivity index is 1.91. The van der Waals surface area contributed by atoms with Crippen molar-refractivity contribution in [1.82, 2.24) is 9.80 Å². The lowest BCUT2D eigenvalue weighted by atomic mass is 10.1. The third-order valence-electron chi connectivity index (χ3n) is 4.60. The Labute approximate surface area is 176 Å². The summed E-state index contributed by atoms with van der Waals surface area (Å²) in [6, 6.07) is 9.39. The largest absolute Gasteiger partial charge is 0.493 e. The van der Waals surface area contributed by atoms with Crippen LogP contribution < -0.4 is 14.8 Å². The van der Waals surface area contributed by atoms with Crippen LogP contribution in [0.1, 0.15) is 11.1 Å². The van der Waals surface area contributed by atoms with Crippen molar-refractivity contribution in [2.24, 2.45) is 0 Å². The number of amides is 2. The summed E-state index contributed by atoms with van der Waals surface area (Å²) >= 11 is 0. The Hall–Kier alpha value is -3.13. The molecule has 7 nitrogen and oxygen atoms in total. The van der Waals surface area contributed by atoms with Crippen molar-refractivity contribution < 1.29 is 23.5 Å². The fraction of sp³-hybridized carbons (Fsp3) is 0.364. The van der Waals surface area contributed by atoms with Crippen molar-refractivity contribution in [3.05, 3.63) is 53.3 Å². The normalized spacial score (nSPS) is 10.6. The standard InChI is InChI=1S/C22H28FN3O4/c1-15-9-19(29-4)20(30-5)10-16(15)12-26(3)22(28)14-25(2)13-21(27)24-18-8-6-7-17(23)11-18/h6-11H,12-14H2,1-5H3,(H,24,27). The molecule has 0 heterocycles. The molecular weight excluding hydrogens is 389 g/mol. The van der Waals surface area contributed by atoms with E-state index in [-0.39, 0.29) is 24.9 Å². The molecule has 0 atom stereocenters. The lowest BCUT2D eigenvalue weighted by molar-refractivity contribution is -0.131. The number of ether oxygens (including phenoxy) is 2. The van der Waals surface area contributed by atoms with Gasteiger partial charge in [0.1, 0.15) is 5.82 Å². The van der Waals surface area contributed by atoms with Crippen molar-refractivity contribution in [1.29, 1.82) is 0 Å². The summed E-state index contributed by atoms with van der Waals surface area (Å²) in [6.07, 6.45) is 0. The molecule has 0 aliphatic carbocycles. The Bertz CT molecular complexity index is 904. The number of carbonyl (C=O) groups is 2. The molecule has 0 bridgehead atoms. The molecule has 2 aromatic carbocycles. The predicted octanol–water partition coefficient (Wildman–Crippen LogP) is 2.68. The first-order valence-corrected chi connectivity index (χ1v) is 9.43. The minimum Gasteiger partial charge on any atom is -0.493 e. The fourth-order valence-corrected chi connectivity index (χ4v) is 2.96. The molecule has 0 unspecified atom stereocenters. The van der Waals surface area contributed by atoms with E-state index in [0.717, 1.165) is 11.1 Å². The van der Waals surface area contributed by atoms with Crippen molar-refractivity contribution in [3.63, 3.8) is 0 Å². The maximum atomic E-state index is 13.2. The van der Waals surface area contributed by atoms with Gasteiger partial charge in [-0.3, -0.25) is 14.5 Å². The van der Waals surface area contributed by atoms with Crippen molar-refractivity contribution in [2.75, 3.05) is 46.7 Å². The molecule has 2 rings (SSSR count). The molecule has 8 heteroatoms. The molecular formula is C22H28FN3O4.